The third kappa shape index (κ3) is 14.3. The number of esters is 3. The number of alkyl halides is 1. The van der Waals surface area contributed by atoms with Gasteiger partial charge in [-0.15, -0.1) is 11.6 Å². The van der Waals surface area contributed by atoms with E-state index in [1.165, 1.54) is 14.0 Å². The number of nitrogens with zero attached hydrogens (tertiary/aromatic N) is 3. The van der Waals surface area contributed by atoms with E-state index in [9.17, 15) is 19.9 Å². The molecule has 0 aromatic heterocycles. The maximum atomic E-state index is 14.1. The number of azide groups is 1. The van der Waals surface area contributed by atoms with Gasteiger partial charge in [0.15, 0.2) is 12.4 Å². The Morgan fingerprint density at radius 3 is 1.64 bits per heavy atom. The number of ether oxygens (including phenoxy) is 11. The van der Waals surface area contributed by atoms with Gasteiger partial charge >= 0.3 is 17.9 Å². The molecule has 2 aliphatic rings. The number of hydrogen-bond acceptors (Lipinski definition) is 15. The molecule has 0 N–H and O–H groups in total. The van der Waals surface area contributed by atoms with Gasteiger partial charge in [0.2, 0.25) is 6.29 Å². The van der Waals surface area contributed by atoms with Crippen molar-refractivity contribution in [2.45, 2.75) is 88.1 Å². The van der Waals surface area contributed by atoms with Crippen LogP contribution in [0.3, 0.4) is 0 Å². The van der Waals surface area contributed by atoms with E-state index in [4.69, 9.17) is 63.7 Å². The zero-order chi connectivity index (χ0) is 48.4. The monoisotopic (exact) mass is 965 g/mol. The standard InChI is InChI=1S/C51H52ClN3O14/c1-33(56)60-31-40-44(62-28-34-15-7-3-8-16-34)46(63-29-35-17-9-4-10-18-35)43(54-55-53)50(66-40)69-45-41(32-61-42(57)27-52)67-51(65-39-25-23-38(59-2)24-26-39)48(68-49(58)37-21-13-6-14-22-37)47(45)64-30-36-19-11-5-12-20-36/h3-26,40-41,43-48,50-51H,27-32H2,1-2H3/t40-,41-,43-,44-,45-,46-,47+,48-,50-,51-/m1/s1. The molecule has 10 atom stereocenters. The molecule has 2 fully saturated rings. The normalized spacial score (nSPS) is 24.2. The van der Waals surface area contributed by atoms with E-state index in [1.807, 2.05) is 91.0 Å². The summed E-state index contributed by atoms with van der Waals surface area (Å²) in [6.45, 7) is 0.516. The third-order valence-electron chi connectivity index (χ3n) is 11.1. The minimum Gasteiger partial charge on any atom is -0.497 e. The van der Waals surface area contributed by atoms with Crippen molar-refractivity contribution in [3.05, 3.63) is 178 Å². The second kappa shape index (κ2) is 25.7. The Morgan fingerprint density at radius 1 is 0.609 bits per heavy atom. The number of carbonyl (C=O) groups is 3. The Balaban J connectivity index is 1.32. The summed E-state index contributed by atoms with van der Waals surface area (Å²) in [5.41, 5.74) is 12.8. The number of halogens is 1. The van der Waals surface area contributed by atoms with Gasteiger partial charge in [-0.1, -0.05) is 114 Å². The van der Waals surface area contributed by atoms with Gasteiger partial charge in [0.1, 0.15) is 73.3 Å². The molecule has 17 nitrogen and oxygen atoms in total. The number of hydrogen-bond donors (Lipinski definition) is 0. The first-order chi connectivity index (χ1) is 33.7. The van der Waals surface area contributed by atoms with Crippen molar-refractivity contribution in [2.24, 2.45) is 5.11 Å². The van der Waals surface area contributed by atoms with Crippen molar-refractivity contribution < 1.29 is 66.5 Å². The van der Waals surface area contributed by atoms with Crippen molar-refractivity contribution in [1.82, 2.24) is 0 Å². The van der Waals surface area contributed by atoms with E-state index in [2.05, 4.69) is 10.0 Å². The van der Waals surface area contributed by atoms with Crippen molar-refractivity contribution in [3.63, 3.8) is 0 Å². The van der Waals surface area contributed by atoms with Crippen LogP contribution in [-0.2, 0) is 72.0 Å². The quantitative estimate of drug-likeness (QED) is 0.0162. The van der Waals surface area contributed by atoms with Crippen LogP contribution in [-0.4, -0.2) is 105 Å². The molecule has 5 aromatic carbocycles. The predicted octanol–water partition coefficient (Wildman–Crippen LogP) is 7.91. The molecule has 0 amide bonds. The molecule has 69 heavy (non-hydrogen) atoms. The molecule has 0 bridgehead atoms. The minimum atomic E-state index is -1.54. The van der Waals surface area contributed by atoms with Crippen LogP contribution < -0.4 is 9.47 Å². The van der Waals surface area contributed by atoms with Gasteiger partial charge in [-0.3, -0.25) is 9.59 Å². The van der Waals surface area contributed by atoms with Gasteiger partial charge in [0.25, 0.3) is 0 Å². The van der Waals surface area contributed by atoms with Crippen LogP contribution in [0.25, 0.3) is 10.4 Å². The molecule has 7 rings (SSSR count). The zero-order valence-electron chi connectivity index (χ0n) is 37.8. The summed E-state index contributed by atoms with van der Waals surface area (Å²) >= 11 is 5.91. The van der Waals surface area contributed by atoms with Gasteiger partial charge in [-0.25, -0.2) is 4.79 Å². The molecular weight excluding hydrogens is 914 g/mol. The Labute approximate surface area is 403 Å². The number of benzene rings is 5. The Bertz CT molecular complexity index is 2420. The fraction of sp³-hybridized carbons (Fsp3) is 0.353. The van der Waals surface area contributed by atoms with E-state index in [0.29, 0.717) is 11.5 Å². The summed E-state index contributed by atoms with van der Waals surface area (Å²) < 4.78 is 69.4. The number of methoxy groups -OCH3 is 1. The van der Waals surface area contributed by atoms with E-state index in [1.54, 1.807) is 54.6 Å². The molecule has 5 aromatic rings. The lowest BCUT2D eigenvalue weighted by molar-refractivity contribution is -0.345. The molecular formula is C51H52ClN3O14. The highest BCUT2D eigenvalue weighted by atomic mass is 35.5. The summed E-state index contributed by atoms with van der Waals surface area (Å²) in [6.07, 6.45) is -11.6. The van der Waals surface area contributed by atoms with E-state index >= 15 is 0 Å². The number of carbonyl (C=O) groups excluding carboxylic acids is 3. The molecule has 0 unspecified atom stereocenters. The van der Waals surface area contributed by atoms with Crippen molar-refractivity contribution in [3.8, 4) is 11.5 Å². The van der Waals surface area contributed by atoms with Crippen LogP contribution in [0.1, 0.15) is 34.0 Å². The van der Waals surface area contributed by atoms with Crippen LogP contribution in [0.2, 0.25) is 0 Å². The molecule has 0 radical (unpaired) electrons. The van der Waals surface area contributed by atoms with Gasteiger partial charge in [-0.2, -0.15) is 0 Å². The summed E-state index contributed by atoms with van der Waals surface area (Å²) in [6, 6.07) is 41.5. The van der Waals surface area contributed by atoms with E-state index < -0.39 is 91.7 Å². The highest BCUT2D eigenvalue weighted by Crippen LogP contribution is 2.37. The van der Waals surface area contributed by atoms with E-state index in [-0.39, 0.29) is 32.0 Å². The van der Waals surface area contributed by atoms with Crippen LogP contribution in [0.15, 0.2) is 151 Å². The molecule has 0 saturated carbocycles. The van der Waals surface area contributed by atoms with Gasteiger partial charge in [0, 0.05) is 11.8 Å². The third-order valence-corrected chi connectivity index (χ3v) is 11.3. The Morgan fingerprint density at radius 2 is 1.10 bits per heavy atom. The largest absolute Gasteiger partial charge is 0.497 e. The summed E-state index contributed by atoms with van der Waals surface area (Å²) in [7, 11) is 1.53. The first-order valence-electron chi connectivity index (χ1n) is 22.1. The Hall–Kier alpha value is -6.53. The smallest absolute Gasteiger partial charge is 0.338 e. The van der Waals surface area contributed by atoms with E-state index in [0.717, 1.165) is 16.7 Å². The van der Waals surface area contributed by atoms with Crippen LogP contribution in [0, 0.1) is 0 Å². The maximum Gasteiger partial charge on any atom is 0.338 e. The summed E-state index contributed by atoms with van der Waals surface area (Å²) in [5, 5.41) is 4.20. The average molecular weight is 966 g/mol. The van der Waals surface area contributed by atoms with Crippen molar-refractivity contribution in [1.29, 1.82) is 0 Å². The minimum absolute atomic E-state index is 0.0371. The predicted molar refractivity (Wildman–Crippen MR) is 248 cm³/mol. The lowest BCUT2D eigenvalue weighted by Gasteiger charge is -2.49. The molecule has 0 aliphatic carbocycles. The average Bonchev–Trinajstić information content (AvgIpc) is 3.38. The zero-order valence-corrected chi connectivity index (χ0v) is 38.6. The van der Waals surface area contributed by atoms with Crippen LogP contribution >= 0.6 is 11.6 Å². The second-order valence-corrected chi connectivity index (χ2v) is 16.1. The summed E-state index contributed by atoms with van der Waals surface area (Å²) in [4.78, 5) is 42.4. The van der Waals surface area contributed by atoms with Gasteiger partial charge < -0.3 is 52.1 Å². The highest BCUT2D eigenvalue weighted by molar-refractivity contribution is 6.26. The first-order valence-corrected chi connectivity index (χ1v) is 22.6. The number of rotatable bonds is 22. The van der Waals surface area contributed by atoms with Gasteiger partial charge in [-0.05, 0) is 58.6 Å². The fourth-order valence-electron chi connectivity index (χ4n) is 7.72. The molecule has 2 aliphatic heterocycles. The highest BCUT2D eigenvalue weighted by Gasteiger charge is 2.55. The molecule has 0 spiro atoms. The molecule has 2 heterocycles. The molecule has 2 saturated heterocycles. The molecule has 18 heteroatoms. The fourth-order valence-corrected chi connectivity index (χ4v) is 7.80. The van der Waals surface area contributed by atoms with Gasteiger partial charge in [0.05, 0.1) is 32.5 Å². The SMILES string of the molecule is COc1ccc(O[C@@H]2O[C@H](COC(=O)CCl)[C@@H](O[C@H]3O[C@H](COC(C)=O)[C@@H](OCc4ccccc4)[C@H](OCc4ccccc4)[C@H]3N=[N+]=[N-])[C@H](OCc3ccccc3)[C@H]2OC(=O)c2ccccc2)cc1. The molecule has 362 valence electrons. The maximum absolute atomic E-state index is 14.1. The van der Waals surface area contributed by atoms with Crippen molar-refractivity contribution >= 4 is 29.5 Å². The Kier molecular flexibility index (Phi) is 18.8. The van der Waals surface area contributed by atoms with Crippen LogP contribution in [0.5, 0.6) is 11.5 Å². The second-order valence-electron chi connectivity index (χ2n) is 15.8. The first kappa shape index (κ1) is 50.3. The summed E-state index contributed by atoms with van der Waals surface area (Å²) in [5.74, 6) is -1.76. The van der Waals surface area contributed by atoms with Crippen molar-refractivity contribution in [2.75, 3.05) is 26.2 Å². The van der Waals surface area contributed by atoms with Crippen LogP contribution in [0.4, 0.5) is 0 Å². The lowest BCUT2D eigenvalue weighted by atomic mass is 9.95. The topological polar surface area (TPSA) is 201 Å². The lowest BCUT2D eigenvalue weighted by Crippen LogP contribution is -2.66.